The zero-order valence-corrected chi connectivity index (χ0v) is 12.3. The highest BCUT2D eigenvalue weighted by atomic mass is 16.2. The number of piperidine rings is 1. The van der Waals surface area contributed by atoms with Gasteiger partial charge in [-0.05, 0) is 33.1 Å². The van der Waals surface area contributed by atoms with E-state index in [1.165, 1.54) is 6.42 Å². The largest absolute Gasteiger partial charge is 0.355 e. The number of nitrogens with zero attached hydrogens (tertiary/aromatic N) is 4. The third kappa shape index (κ3) is 2.49. The molecule has 2 aliphatic rings. The van der Waals surface area contributed by atoms with Crippen LogP contribution >= 0.6 is 0 Å². The van der Waals surface area contributed by atoms with Gasteiger partial charge in [0.15, 0.2) is 0 Å². The summed E-state index contributed by atoms with van der Waals surface area (Å²) in [6.45, 7) is 7.70. The highest BCUT2D eigenvalue weighted by Gasteiger charge is 2.31. The summed E-state index contributed by atoms with van der Waals surface area (Å²) in [4.78, 5) is 25.5. The molecule has 2 saturated heterocycles. The van der Waals surface area contributed by atoms with Gasteiger partial charge in [-0.1, -0.05) is 0 Å². The number of carbonyl (C=O) groups is 1. The van der Waals surface area contributed by atoms with E-state index in [2.05, 4.69) is 14.9 Å². The van der Waals surface area contributed by atoms with Crippen LogP contribution in [0.25, 0.3) is 0 Å². The number of aryl methyl sites for hydroxylation is 2. The third-order valence-electron chi connectivity index (χ3n) is 4.36. The zero-order valence-electron chi connectivity index (χ0n) is 12.3. The summed E-state index contributed by atoms with van der Waals surface area (Å²) in [6, 6.07) is 0. The average Bonchev–Trinajstić information content (AvgIpc) is 2.40. The first-order valence-electron chi connectivity index (χ1n) is 7.49. The van der Waals surface area contributed by atoms with Crippen LogP contribution in [0.2, 0.25) is 0 Å². The average molecular weight is 274 g/mol. The van der Waals surface area contributed by atoms with Gasteiger partial charge in [-0.2, -0.15) is 0 Å². The monoisotopic (exact) mass is 274 g/mol. The van der Waals surface area contributed by atoms with Crippen molar-refractivity contribution >= 4 is 11.7 Å². The Hall–Kier alpha value is -1.65. The van der Waals surface area contributed by atoms with Crippen LogP contribution in [0.4, 0.5) is 5.82 Å². The first-order valence-corrected chi connectivity index (χ1v) is 7.49. The second-order valence-electron chi connectivity index (χ2n) is 5.86. The normalized spacial score (nSPS) is 19.9. The molecule has 1 aromatic heterocycles. The number of rotatable bonds is 2. The fraction of sp³-hybridized carbons (Fsp3) is 0.667. The van der Waals surface area contributed by atoms with Crippen LogP contribution in [-0.2, 0) is 4.79 Å². The molecule has 2 fully saturated rings. The Kier molecular flexibility index (Phi) is 3.59. The molecule has 0 bridgehead atoms. The van der Waals surface area contributed by atoms with E-state index in [4.69, 9.17) is 0 Å². The lowest BCUT2D eigenvalue weighted by Gasteiger charge is -2.38. The summed E-state index contributed by atoms with van der Waals surface area (Å²) in [5, 5.41) is 0. The highest BCUT2D eigenvalue weighted by molar-refractivity contribution is 5.79. The number of hydrogen-bond donors (Lipinski definition) is 0. The minimum absolute atomic E-state index is 0.213. The molecule has 2 aliphatic heterocycles. The molecule has 3 heterocycles. The molecule has 0 radical (unpaired) electrons. The summed E-state index contributed by atoms with van der Waals surface area (Å²) in [5.74, 6) is 1.56. The third-order valence-corrected chi connectivity index (χ3v) is 4.36. The lowest BCUT2D eigenvalue weighted by atomic mass is 9.94. The molecule has 0 aromatic carbocycles. The van der Waals surface area contributed by atoms with Gasteiger partial charge in [-0.25, -0.2) is 4.98 Å². The van der Waals surface area contributed by atoms with Gasteiger partial charge < -0.3 is 9.80 Å². The van der Waals surface area contributed by atoms with Gasteiger partial charge in [-0.3, -0.25) is 9.78 Å². The highest BCUT2D eigenvalue weighted by Crippen LogP contribution is 2.26. The number of amides is 1. The lowest BCUT2D eigenvalue weighted by molar-refractivity contribution is -0.139. The summed E-state index contributed by atoms with van der Waals surface area (Å²) in [6.07, 6.45) is 4.84. The quantitative estimate of drug-likeness (QED) is 0.821. The van der Waals surface area contributed by atoms with E-state index in [-0.39, 0.29) is 5.92 Å². The molecule has 0 N–H and O–H groups in total. The van der Waals surface area contributed by atoms with E-state index in [1.54, 1.807) is 6.20 Å². The maximum atomic E-state index is 12.2. The van der Waals surface area contributed by atoms with Crippen LogP contribution < -0.4 is 4.90 Å². The molecule has 5 heteroatoms. The Bertz CT molecular complexity index is 505. The maximum Gasteiger partial charge on any atom is 0.225 e. The Morgan fingerprint density at radius 3 is 2.50 bits per heavy atom. The van der Waals surface area contributed by atoms with Gasteiger partial charge in [0.05, 0.1) is 11.4 Å². The minimum Gasteiger partial charge on any atom is -0.355 e. The molecule has 0 atom stereocenters. The Labute approximate surface area is 120 Å². The van der Waals surface area contributed by atoms with Crippen LogP contribution in [0, 0.1) is 19.8 Å². The standard InChI is InChI=1S/C15H22N4O/c1-11-10-16-12(2)14(17-11)18-8-4-13(5-9-18)15(20)19-6-3-7-19/h10,13H,3-9H2,1-2H3. The van der Waals surface area contributed by atoms with Crippen LogP contribution in [0.3, 0.4) is 0 Å². The summed E-state index contributed by atoms with van der Waals surface area (Å²) in [5.41, 5.74) is 1.92. The van der Waals surface area contributed by atoms with Crippen LogP contribution in [0.5, 0.6) is 0 Å². The molecule has 3 rings (SSSR count). The molecule has 0 spiro atoms. The van der Waals surface area contributed by atoms with Crippen molar-refractivity contribution in [1.82, 2.24) is 14.9 Å². The maximum absolute atomic E-state index is 12.2. The summed E-state index contributed by atoms with van der Waals surface area (Å²) >= 11 is 0. The van der Waals surface area contributed by atoms with Gasteiger partial charge in [0.25, 0.3) is 0 Å². The van der Waals surface area contributed by atoms with Crippen molar-refractivity contribution in [2.75, 3.05) is 31.1 Å². The van der Waals surface area contributed by atoms with Gasteiger partial charge in [0, 0.05) is 38.3 Å². The zero-order chi connectivity index (χ0) is 14.1. The molecule has 0 aliphatic carbocycles. The van der Waals surface area contributed by atoms with Crippen molar-refractivity contribution < 1.29 is 4.79 Å². The second kappa shape index (κ2) is 5.38. The lowest BCUT2D eigenvalue weighted by Crippen LogP contribution is -2.48. The van der Waals surface area contributed by atoms with Crippen molar-refractivity contribution in [3.8, 4) is 0 Å². The predicted octanol–water partition coefficient (Wildman–Crippen LogP) is 1.54. The minimum atomic E-state index is 0.213. The molecule has 0 saturated carbocycles. The van der Waals surface area contributed by atoms with E-state index in [0.717, 1.165) is 56.2 Å². The molecule has 20 heavy (non-hydrogen) atoms. The van der Waals surface area contributed by atoms with Crippen molar-refractivity contribution in [3.05, 3.63) is 17.6 Å². The van der Waals surface area contributed by atoms with Gasteiger partial charge in [0.2, 0.25) is 5.91 Å². The molecule has 1 amide bonds. The Morgan fingerprint density at radius 2 is 1.90 bits per heavy atom. The van der Waals surface area contributed by atoms with E-state index in [0.29, 0.717) is 5.91 Å². The summed E-state index contributed by atoms with van der Waals surface area (Å²) < 4.78 is 0. The van der Waals surface area contributed by atoms with Crippen molar-refractivity contribution in [2.45, 2.75) is 33.1 Å². The van der Waals surface area contributed by atoms with E-state index >= 15 is 0 Å². The number of aromatic nitrogens is 2. The number of likely N-dealkylation sites (tertiary alicyclic amines) is 1. The molecule has 108 valence electrons. The fourth-order valence-electron chi connectivity index (χ4n) is 2.96. The van der Waals surface area contributed by atoms with Gasteiger partial charge >= 0.3 is 0 Å². The number of hydrogen-bond acceptors (Lipinski definition) is 4. The summed E-state index contributed by atoms with van der Waals surface area (Å²) in [7, 11) is 0. The Balaban J connectivity index is 1.63. The van der Waals surface area contributed by atoms with Crippen molar-refractivity contribution in [2.24, 2.45) is 5.92 Å². The first-order chi connectivity index (χ1) is 9.65. The van der Waals surface area contributed by atoms with Gasteiger partial charge in [-0.15, -0.1) is 0 Å². The fourth-order valence-corrected chi connectivity index (χ4v) is 2.96. The van der Waals surface area contributed by atoms with Crippen LogP contribution in [0.15, 0.2) is 6.20 Å². The molecule has 1 aromatic rings. The van der Waals surface area contributed by atoms with E-state index in [1.807, 2.05) is 18.7 Å². The molecule has 5 nitrogen and oxygen atoms in total. The molecular formula is C15H22N4O. The number of anilines is 1. The van der Waals surface area contributed by atoms with Crippen molar-refractivity contribution in [3.63, 3.8) is 0 Å². The molecular weight excluding hydrogens is 252 g/mol. The van der Waals surface area contributed by atoms with Crippen LogP contribution in [0.1, 0.15) is 30.7 Å². The first kappa shape index (κ1) is 13.3. The topological polar surface area (TPSA) is 49.3 Å². The van der Waals surface area contributed by atoms with E-state index in [9.17, 15) is 4.79 Å². The van der Waals surface area contributed by atoms with E-state index < -0.39 is 0 Å². The Morgan fingerprint density at radius 1 is 1.20 bits per heavy atom. The SMILES string of the molecule is Cc1cnc(C)c(N2CCC(C(=O)N3CCC3)CC2)n1. The van der Waals surface area contributed by atoms with Crippen LogP contribution in [-0.4, -0.2) is 47.0 Å². The van der Waals surface area contributed by atoms with Crippen molar-refractivity contribution in [1.29, 1.82) is 0 Å². The van der Waals surface area contributed by atoms with Gasteiger partial charge in [0.1, 0.15) is 5.82 Å². The molecule has 0 unspecified atom stereocenters. The second-order valence-corrected chi connectivity index (χ2v) is 5.86. The smallest absolute Gasteiger partial charge is 0.225 e. The number of carbonyl (C=O) groups excluding carboxylic acids is 1. The predicted molar refractivity (Wildman–Crippen MR) is 77.6 cm³/mol.